The molecule has 0 spiro atoms. The molecule has 14 heavy (non-hydrogen) atoms. The molecule has 0 aliphatic carbocycles. The Balaban J connectivity index is 2.27. The molecule has 0 unspecified atom stereocenters. The maximum Gasteiger partial charge on any atom is 0.243 e. The summed E-state index contributed by atoms with van der Waals surface area (Å²) in [5.74, 6) is 0. The zero-order valence-corrected chi connectivity index (χ0v) is 9.28. The fourth-order valence-electron chi connectivity index (χ4n) is 1.44. The average molecular weight is 197 g/mol. The highest BCUT2D eigenvalue weighted by molar-refractivity contribution is 4.65. The Hall–Kier alpha value is -0.830. The number of unbranched alkanes of at least 4 members (excludes halogenated alkanes) is 2. The molecule has 0 bridgehead atoms. The van der Waals surface area contributed by atoms with Gasteiger partial charge in [0.15, 0.2) is 0 Å². The molecule has 1 aromatic rings. The van der Waals surface area contributed by atoms with E-state index in [0.29, 0.717) is 0 Å². The van der Waals surface area contributed by atoms with Crippen molar-refractivity contribution < 1.29 is 9.30 Å². The number of aromatic nitrogens is 2. The molecule has 1 heterocycles. The first kappa shape index (κ1) is 11.2. The lowest BCUT2D eigenvalue weighted by molar-refractivity contribution is -0.696. The van der Waals surface area contributed by atoms with E-state index in [2.05, 4.69) is 34.8 Å². The van der Waals surface area contributed by atoms with E-state index >= 15 is 0 Å². The molecular weight excluding hydrogens is 176 g/mol. The van der Waals surface area contributed by atoms with Crippen LogP contribution in [0.25, 0.3) is 0 Å². The van der Waals surface area contributed by atoms with Gasteiger partial charge in [0.2, 0.25) is 6.33 Å². The molecule has 0 atom stereocenters. The Morgan fingerprint density at radius 2 is 2.21 bits per heavy atom. The van der Waals surface area contributed by atoms with Gasteiger partial charge < -0.3 is 4.74 Å². The summed E-state index contributed by atoms with van der Waals surface area (Å²) in [6.07, 6.45) is 10.3. The van der Waals surface area contributed by atoms with Crippen LogP contribution >= 0.6 is 0 Å². The SMILES string of the molecule is CCCCC[n+]1ccn(CCOC)c1. The monoisotopic (exact) mass is 197 g/mol. The summed E-state index contributed by atoms with van der Waals surface area (Å²) in [6.45, 7) is 5.09. The first-order valence-corrected chi connectivity index (χ1v) is 5.40. The summed E-state index contributed by atoms with van der Waals surface area (Å²) < 4.78 is 9.43. The Labute approximate surface area is 86.3 Å². The molecular formula is C11H21N2O+. The molecule has 0 radical (unpaired) electrons. The second-order valence-electron chi connectivity index (χ2n) is 3.59. The van der Waals surface area contributed by atoms with Crippen molar-refractivity contribution in [3.8, 4) is 0 Å². The minimum atomic E-state index is 0.781. The van der Waals surface area contributed by atoms with E-state index in [1.165, 1.54) is 19.3 Å². The highest BCUT2D eigenvalue weighted by Gasteiger charge is 2.01. The molecule has 0 saturated heterocycles. The van der Waals surface area contributed by atoms with Crippen LogP contribution in [0.4, 0.5) is 0 Å². The summed E-state index contributed by atoms with van der Waals surface area (Å²) >= 11 is 0. The van der Waals surface area contributed by atoms with Gasteiger partial charge in [-0.15, -0.1) is 0 Å². The van der Waals surface area contributed by atoms with Crippen molar-refractivity contribution in [1.29, 1.82) is 0 Å². The number of aryl methyl sites for hydroxylation is 1. The molecule has 0 fully saturated rings. The fraction of sp³-hybridized carbons (Fsp3) is 0.727. The lowest BCUT2D eigenvalue weighted by atomic mass is 10.2. The number of nitrogens with zero attached hydrogens (tertiary/aromatic N) is 2. The molecule has 80 valence electrons. The summed E-state index contributed by atoms with van der Waals surface area (Å²) in [4.78, 5) is 0. The van der Waals surface area contributed by atoms with Gasteiger partial charge in [-0.3, -0.25) is 0 Å². The van der Waals surface area contributed by atoms with Crippen molar-refractivity contribution in [2.24, 2.45) is 0 Å². The first-order chi connectivity index (χ1) is 6.86. The predicted octanol–water partition coefficient (Wildman–Crippen LogP) is 1.61. The topological polar surface area (TPSA) is 18.0 Å². The predicted molar refractivity (Wildman–Crippen MR) is 56.0 cm³/mol. The zero-order chi connectivity index (χ0) is 10.2. The molecule has 0 saturated carbocycles. The van der Waals surface area contributed by atoms with E-state index in [0.717, 1.165) is 19.7 Å². The van der Waals surface area contributed by atoms with Crippen LogP contribution in [0.3, 0.4) is 0 Å². The van der Waals surface area contributed by atoms with Crippen molar-refractivity contribution in [3.05, 3.63) is 18.7 Å². The second kappa shape index (κ2) is 6.60. The van der Waals surface area contributed by atoms with Gasteiger partial charge in [-0.1, -0.05) is 13.3 Å². The molecule has 1 aromatic heterocycles. The third kappa shape index (κ3) is 3.92. The van der Waals surface area contributed by atoms with Crippen molar-refractivity contribution in [2.75, 3.05) is 13.7 Å². The summed E-state index contributed by atoms with van der Waals surface area (Å²) in [6, 6.07) is 0. The van der Waals surface area contributed by atoms with Gasteiger partial charge in [0.05, 0.1) is 13.2 Å². The summed E-state index contributed by atoms with van der Waals surface area (Å²) in [7, 11) is 1.73. The number of methoxy groups -OCH3 is 1. The second-order valence-corrected chi connectivity index (χ2v) is 3.59. The molecule has 0 amide bonds. The van der Waals surface area contributed by atoms with Crippen LogP contribution in [-0.2, 0) is 17.8 Å². The molecule has 3 heteroatoms. The Bertz CT molecular complexity index is 245. The van der Waals surface area contributed by atoms with Gasteiger partial charge in [0.1, 0.15) is 18.9 Å². The number of imidazole rings is 1. The van der Waals surface area contributed by atoms with Gasteiger partial charge >= 0.3 is 0 Å². The average Bonchev–Trinajstić information content (AvgIpc) is 2.63. The maximum atomic E-state index is 5.02. The van der Waals surface area contributed by atoms with E-state index in [1.807, 2.05) is 0 Å². The van der Waals surface area contributed by atoms with Crippen LogP contribution in [0.2, 0.25) is 0 Å². The van der Waals surface area contributed by atoms with Crippen LogP contribution in [-0.4, -0.2) is 18.3 Å². The van der Waals surface area contributed by atoms with Gasteiger partial charge in [0, 0.05) is 7.11 Å². The Kier molecular flexibility index (Phi) is 5.30. The molecule has 0 aromatic carbocycles. The van der Waals surface area contributed by atoms with Crippen LogP contribution in [0, 0.1) is 0 Å². The normalized spacial score (nSPS) is 10.7. The van der Waals surface area contributed by atoms with Crippen molar-refractivity contribution in [3.63, 3.8) is 0 Å². The van der Waals surface area contributed by atoms with E-state index < -0.39 is 0 Å². The molecule has 3 nitrogen and oxygen atoms in total. The standard InChI is InChI=1S/C11H21N2O/c1-3-4-5-6-12-7-8-13(11-12)9-10-14-2/h7-8,11H,3-6,9-10H2,1-2H3/q+1. The Morgan fingerprint density at radius 3 is 2.93 bits per heavy atom. The van der Waals surface area contributed by atoms with Crippen molar-refractivity contribution in [2.45, 2.75) is 39.3 Å². The number of rotatable bonds is 7. The minimum absolute atomic E-state index is 0.781. The summed E-state index contributed by atoms with van der Waals surface area (Å²) in [5, 5.41) is 0. The highest BCUT2D eigenvalue weighted by Crippen LogP contribution is 1.93. The third-order valence-electron chi connectivity index (χ3n) is 2.32. The molecule has 0 aliphatic heterocycles. The highest BCUT2D eigenvalue weighted by atomic mass is 16.5. The van der Waals surface area contributed by atoms with Gasteiger partial charge in [-0.25, -0.2) is 9.13 Å². The van der Waals surface area contributed by atoms with Crippen molar-refractivity contribution >= 4 is 0 Å². The van der Waals surface area contributed by atoms with Crippen molar-refractivity contribution in [1.82, 2.24) is 4.57 Å². The number of hydrogen-bond acceptors (Lipinski definition) is 1. The fourth-order valence-corrected chi connectivity index (χ4v) is 1.44. The molecule has 1 rings (SSSR count). The van der Waals surface area contributed by atoms with E-state index in [9.17, 15) is 0 Å². The Morgan fingerprint density at radius 1 is 1.36 bits per heavy atom. The largest absolute Gasteiger partial charge is 0.381 e. The van der Waals surface area contributed by atoms with E-state index in [-0.39, 0.29) is 0 Å². The van der Waals surface area contributed by atoms with Crippen LogP contribution in [0.15, 0.2) is 18.7 Å². The van der Waals surface area contributed by atoms with E-state index in [1.54, 1.807) is 7.11 Å². The lowest BCUT2D eigenvalue weighted by Crippen LogP contribution is -2.30. The quantitative estimate of drug-likeness (QED) is 0.480. The van der Waals surface area contributed by atoms with Gasteiger partial charge in [-0.05, 0) is 12.8 Å². The van der Waals surface area contributed by atoms with Crippen LogP contribution < -0.4 is 4.57 Å². The van der Waals surface area contributed by atoms with Gasteiger partial charge in [-0.2, -0.15) is 0 Å². The molecule has 0 N–H and O–H groups in total. The lowest BCUT2D eigenvalue weighted by Gasteiger charge is -1.95. The van der Waals surface area contributed by atoms with Crippen LogP contribution in [0.1, 0.15) is 26.2 Å². The molecule has 0 aliphatic rings. The smallest absolute Gasteiger partial charge is 0.243 e. The van der Waals surface area contributed by atoms with Crippen LogP contribution in [0.5, 0.6) is 0 Å². The minimum Gasteiger partial charge on any atom is -0.381 e. The first-order valence-electron chi connectivity index (χ1n) is 5.40. The third-order valence-corrected chi connectivity index (χ3v) is 2.32. The van der Waals surface area contributed by atoms with Gasteiger partial charge in [0.25, 0.3) is 0 Å². The van der Waals surface area contributed by atoms with E-state index in [4.69, 9.17) is 4.74 Å². The zero-order valence-electron chi connectivity index (χ0n) is 9.28. The number of hydrogen-bond donors (Lipinski definition) is 0. The number of ether oxygens (including phenoxy) is 1. The maximum absolute atomic E-state index is 5.02. The summed E-state index contributed by atoms with van der Waals surface area (Å²) in [5.41, 5.74) is 0.